The summed E-state index contributed by atoms with van der Waals surface area (Å²) in [5, 5.41) is 0.662. The number of nitrogens with two attached hydrogens (primary N) is 1. The van der Waals surface area contributed by atoms with Crippen LogP contribution in [0.15, 0.2) is 24.3 Å². The van der Waals surface area contributed by atoms with Crippen LogP contribution in [0.4, 0.5) is 0 Å². The van der Waals surface area contributed by atoms with Gasteiger partial charge in [-0.2, -0.15) is 0 Å². The first-order chi connectivity index (χ1) is 9.00. The van der Waals surface area contributed by atoms with Crippen LogP contribution in [0.3, 0.4) is 0 Å². The lowest BCUT2D eigenvalue weighted by Gasteiger charge is -2.39. The maximum Gasteiger partial charge on any atom is 0.239 e. The van der Waals surface area contributed by atoms with Crippen LogP contribution in [0, 0.1) is 0 Å². The summed E-state index contributed by atoms with van der Waals surface area (Å²) < 4.78 is 5.80. The molecular formula is C14H19ClN2O2. The summed E-state index contributed by atoms with van der Waals surface area (Å²) in [4.78, 5) is 13.9. The van der Waals surface area contributed by atoms with Crippen LogP contribution >= 0.6 is 11.6 Å². The van der Waals surface area contributed by atoms with Gasteiger partial charge in [-0.25, -0.2) is 0 Å². The SMILES string of the molecule is C[C@@H](N)C(=O)N1C[C@H](c2ccccc2Cl)OC[C@@H]1C. The lowest BCUT2D eigenvalue weighted by atomic mass is 10.1. The Kier molecular flexibility index (Phi) is 4.45. The minimum absolute atomic E-state index is 0.0391. The lowest BCUT2D eigenvalue weighted by Crippen LogP contribution is -2.52. The van der Waals surface area contributed by atoms with Crippen LogP contribution in [-0.4, -0.2) is 36.0 Å². The normalized spacial score (nSPS) is 25.2. The molecule has 0 aromatic heterocycles. The van der Waals surface area contributed by atoms with Crippen LogP contribution in [0.25, 0.3) is 0 Å². The molecule has 0 bridgehead atoms. The zero-order chi connectivity index (χ0) is 14.0. The summed E-state index contributed by atoms with van der Waals surface area (Å²) >= 11 is 6.18. The summed E-state index contributed by atoms with van der Waals surface area (Å²) in [6.07, 6.45) is -0.187. The number of carbonyl (C=O) groups is 1. The highest BCUT2D eigenvalue weighted by Crippen LogP contribution is 2.30. The molecule has 104 valence electrons. The lowest BCUT2D eigenvalue weighted by molar-refractivity contribution is -0.145. The molecule has 0 unspecified atom stereocenters. The molecule has 0 radical (unpaired) electrons. The summed E-state index contributed by atoms with van der Waals surface area (Å²) in [5.74, 6) is -0.0483. The number of carbonyl (C=O) groups excluding carboxylic acids is 1. The van der Waals surface area contributed by atoms with Gasteiger partial charge in [-0.15, -0.1) is 0 Å². The minimum atomic E-state index is -0.493. The third-order valence-electron chi connectivity index (χ3n) is 3.36. The Morgan fingerprint density at radius 2 is 2.21 bits per heavy atom. The number of morpholine rings is 1. The van der Waals surface area contributed by atoms with Gasteiger partial charge in [0, 0.05) is 10.6 Å². The summed E-state index contributed by atoms with van der Waals surface area (Å²) in [6, 6.07) is 7.10. The zero-order valence-corrected chi connectivity index (χ0v) is 11.9. The fourth-order valence-electron chi connectivity index (χ4n) is 2.25. The molecule has 19 heavy (non-hydrogen) atoms. The van der Waals surface area contributed by atoms with Crippen molar-refractivity contribution in [2.45, 2.75) is 32.0 Å². The highest BCUT2D eigenvalue weighted by Gasteiger charge is 2.32. The van der Waals surface area contributed by atoms with Crippen LogP contribution in [0.1, 0.15) is 25.5 Å². The molecule has 0 saturated carbocycles. The smallest absolute Gasteiger partial charge is 0.239 e. The Labute approximate surface area is 118 Å². The van der Waals surface area contributed by atoms with Gasteiger partial charge in [0.15, 0.2) is 0 Å². The monoisotopic (exact) mass is 282 g/mol. The van der Waals surface area contributed by atoms with Crippen molar-refractivity contribution in [3.63, 3.8) is 0 Å². The summed E-state index contributed by atoms with van der Waals surface area (Å²) in [5.41, 5.74) is 6.60. The van der Waals surface area contributed by atoms with Crippen molar-refractivity contribution in [2.75, 3.05) is 13.2 Å². The molecule has 1 aliphatic rings. The number of amides is 1. The van der Waals surface area contributed by atoms with E-state index in [4.69, 9.17) is 22.1 Å². The van der Waals surface area contributed by atoms with E-state index in [1.165, 1.54) is 0 Å². The van der Waals surface area contributed by atoms with Gasteiger partial charge in [0.2, 0.25) is 5.91 Å². The minimum Gasteiger partial charge on any atom is -0.369 e. The molecule has 0 spiro atoms. The van der Waals surface area contributed by atoms with Gasteiger partial charge < -0.3 is 15.4 Å². The molecule has 4 nitrogen and oxygen atoms in total. The fourth-order valence-corrected chi connectivity index (χ4v) is 2.51. The van der Waals surface area contributed by atoms with Crippen molar-refractivity contribution in [1.82, 2.24) is 4.90 Å². The molecule has 1 amide bonds. The molecule has 3 atom stereocenters. The van der Waals surface area contributed by atoms with E-state index in [2.05, 4.69) is 0 Å². The molecule has 0 aliphatic carbocycles. The van der Waals surface area contributed by atoms with Crippen molar-refractivity contribution in [2.24, 2.45) is 5.73 Å². The average molecular weight is 283 g/mol. The van der Waals surface area contributed by atoms with E-state index in [1.807, 2.05) is 31.2 Å². The predicted octanol–water partition coefficient (Wildman–Crippen LogP) is 1.98. The van der Waals surface area contributed by atoms with E-state index >= 15 is 0 Å². The van der Waals surface area contributed by atoms with E-state index in [1.54, 1.807) is 11.8 Å². The molecule has 2 rings (SSSR count). The van der Waals surface area contributed by atoms with Crippen molar-refractivity contribution >= 4 is 17.5 Å². The fraction of sp³-hybridized carbons (Fsp3) is 0.500. The third kappa shape index (κ3) is 3.08. The molecule has 1 fully saturated rings. The second-order valence-corrected chi connectivity index (χ2v) is 5.38. The summed E-state index contributed by atoms with van der Waals surface area (Å²) in [6.45, 7) is 4.65. The second-order valence-electron chi connectivity index (χ2n) is 4.97. The van der Waals surface area contributed by atoms with Crippen molar-refractivity contribution in [3.8, 4) is 0 Å². The van der Waals surface area contributed by atoms with E-state index in [0.717, 1.165) is 5.56 Å². The maximum absolute atomic E-state index is 12.1. The predicted molar refractivity (Wildman–Crippen MR) is 75.0 cm³/mol. The van der Waals surface area contributed by atoms with E-state index < -0.39 is 6.04 Å². The number of ether oxygens (including phenoxy) is 1. The summed E-state index contributed by atoms with van der Waals surface area (Å²) in [7, 11) is 0. The maximum atomic E-state index is 12.1. The first kappa shape index (κ1) is 14.3. The Bertz CT molecular complexity index is 465. The van der Waals surface area contributed by atoms with E-state index in [-0.39, 0.29) is 18.1 Å². The average Bonchev–Trinajstić information content (AvgIpc) is 2.39. The van der Waals surface area contributed by atoms with Gasteiger partial charge in [0.1, 0.15) is 6.10 Å². The molecule has 5 heteroatoms. The number of benzene rings is 1. The van der Waals surface area contributed by atoms with Crippen LogP contribution in [0.2, 0.25) is 5.02 Å². The molecule has 2 N–H and O–H groups in total. The molecule has 1 aromatic rings. The van der Waals surface area contributed by atoms with Crippen molar-refractivity contribution in [1.29, 1.82) is 0 Å². The first-order valence-corrected chi connectivity index (χ1v) is 6.80. The standard InChI is InChI=1S/C14H19ClN2O2/c1-9-8-19-13(7-17(9)14(18)10(2)16)11-5-3-4-6-12(11)15/h3-6,9-10,13H,7-8,16H2,1-2H3/t9-,10+,13+/m0/s1. The molecular weight excluding hydrogens is 264 g/mol. The number of rotatable bonds is 2. The largest absolute Gasteiger partial charge is 0.369 e. The van der Waals surface area contributed by atoms with Gasteiger partial charge in [0.05, 0.1) is 25.2 Å². The van der Waals surface area contributed by atoms with Gasteiger partial charge >= 0.3 is 0 Å². The Hall–Kier alpha value is -1.10. The van der Waals surface area contributed by atoms with Gasteiger partial charge in [-0.05, 0) is 19.9 Å². The molecule has 1 saturated heterocycles. The van der Waals surface area contributed by atoms with Gasteiger partial charge in [-0.1, -0.05) is 29.8 Å². The number of halogens is 1. The van der Waals surface area contributed by atoms with Crippen LogP contribution in [0.5, 0.6) is 0 Å². The second kappa shape index (κ2) is 5.90. The highest BCUT2D eigenvalue weighted by atomic mass is 35.5. The molecule has 1 heterocycles. The quantitative estimate of drug-likeness (QED) is 0.902. The topological polar surface area (TPSA) is 55.6 Å². The third-order valence-corrected chi connectivity index (χ3v) is 3.70. The molecule has 1 aromatic carbocycles. The van der Waals surface area contributed by atoms with Gasteiger partial charge in [-0.3, -0.25) is 4.79 Å². The Morgan fingerprint density at radius 3 is 2.84 bits per heavy atom. The number of hydrogen-bond donors (Lipinski definition) is 1. The van der Waals surface area contributed by atoms with Crippen LogP contribution < -0.4 is 5.73 Å². The number of hydrogen-bond acceptors (Lipinski definition) is 3. The van der Waals surface area contributed by atoms with E-state index in [9.17, 15) is 4.79 Å². The van der Waals surface area contributed by atoms with Gasteiger partial charge in [0.25, 0.3) is 0 Å². The first-order valence-electron chi connectivity index (χ1n) is 6.42. The Balaban J connectivity index is 2.18. The Morgan fingerprint density at radius 1 is 1.53 bits per heavy atom. The number of nitrogens with zero attached hydrogens (tertiary/aromatic N) is 1. The zero-order valence-electron chi connectivity index (χ0n) is 11.2. The van der Waals surface area contributed by atoms with Crippen molar-refractivity contribution < 1.29 is 9.53 Å². The highest BCUT2D eigenvalue weighted by molar-refractivity contribution is 6.31. The van der Waals surface area contributed by atoms with Crippen molar-refractivity contribution in [3.05, 3.63) is 34.9 Å². The van der Waals surface area contributed by atoms with Crippen LogP contribution in [-0.2, 0) is 9.53 Å². The molecule has 1 aliphatic heterocycles. The van der Waals surface area contributed by atoms with E-state index in [0.29, 0.717) is 18.2 Å².